The average Bonchev–Trinajstić information content (AvgIpc) is 1.27. The van der Waals surface area contributed by atoms with Gasteiger partial charge in [0.1, 0.15) is 0 Å². The second kappa shape index (κ2) is 3.36. The molecule has 0 aliphatic carbocycles. The Balaban J connectivity index is 3.77. The minimum absolute atomic E-state index is 2.84. The molecule has 40 valence electrons. The molecule has 7 heavy (non-hydrogen) atoms. The van der Waals surface area contributed by atoms with Gasteiger partial charge >= 0.3 is 48.6 Å². The Hall–Kier alpha value is 0.347. The Labute approximate surface area is 48.9 Å². The van der Waals surface area contributed by atoms with E-state index in [-0.39, 0.29) is 0 Å². The third-order valence-electron chi connectivity index (χ3n) is 0.158. The van der Waals surface area contributed by atoms with Crippen molar-refractivity contribution in [3.8, 4) is 0 Å². The van der Waals surface area contributed by atoms with Crippen LogP contribution in [0.25, 0.3) is 0 Å². The first-order chi connectivity index (χ1) is 3.13. The predicted molar refractivity (Wildman–Crippen MR) is 21.8 cm³/mol. The van der Waals surface area contributed by atoms with Gasteiger partial charge in [0, 0.05) is 0 Å². The van der Waals surface area contributed by atoms with E-state index < -0.39 is 29.4 Å². The number of hydrogen-bond acceptors (Lipinski definition) is 4. The summed E-state index contributed by atoms with van der Waals surface area (Å²) in [5.41, 5.74) is 0. The van der Waals surface area contributed by atoms with E-state index in [4.69, 9.17) is 0 Å². The summed E-state index contributed by atoms with van der Waals surface area (Å²) < 4.78 is 32.6. The van der Waals surface area contributed by atoms with Gasteiger partial charge in [0.05, 0.1) is 0 Å². The van der Waals surface area contributed by atoms with Crippen LogP contribution in [-0.2, 0) is 13.9 Å². The zero-order valence-corrected chi connectivity index (χ0v) is 6.99. The van der Waals surface area contributed by atoms with Crippen LogP contribution in [0.2, 0.25) is 0 Å². The summed E-state index contributed by atoms with van der Waals surface area (Å²) in [7, 11) is 0. The van der Waals surface area contributed by atoms with Crippen LogP contribution in [0, 0.1) is 0 Å². The molecule has 1 atom stereocenters. The monoisotopic (exact) mass is 228 g/mol. The minimum atomic E-state index is -3.59. The van der Waals surface area contributed by atoms with Gasteiger partial charge in [-0.1, -0.05) is 0 Å². The molecular formula is CH2As2O4. The van der Waals surface area contributed by atoms with Crippen molar-refractivity contribution < 1.29 is 13.9 Å². The van der Waals surface area contributed by atoms with Crippen LogP contribution in [0.1, 0.15) is 0 Å². The van der Waals surface area contributed by atoms with Crippen LogP contribution in [0.3, 0.4) is 0 Å². The third kappa shape index (κ3) is 6.35. The molecule has 0 saturated heterocycles. The molecule has 0 bridgehead atoms. The molecule has 0 aliphatic heterocycles. The van der Waals surface area contributed by atoms with Crippen LogP contribution in [0.5, 0.6) is 0 Å². The molecule has 0 aromatic heterocycles. The van der Waals surface area contributed by atoms with Crippen LogP contribution in [-0.4, -0.2) is 34.7 Å². The van der Waals surface area contributed by atoms with Crippen LogP contribution >= 0.6 is 0 Å². The number of hydrogen-bond donors (Lipinski definition) is 0. The van der Waals surface area contributed by atoms with E-state index in [9.17, 15) is 11.2 Å². The van der Waals surface area contributed by atoms with Crippen LogP contribution < -0.4 is 0 Å². The van der Waals surface area contributed by atoms with Crippen molar-refractivity contribution >= 4 is 34.7 Å². The molecule has 0 amide bonds. The maximum absolute atomic E-state index is 9.79. The number of rotatable bonds is 2. The molecule has 1 unspecified atom stereocenters. The molecule has 0 rings (SSSR count). The first-order valence-corrected chi connectivity index (χ1v) is 6.39. The molecule has 0 aliphatic rings. The third-order valence-corrected chi connectivity index (χ3v) is 4.26. The van der Waals surface area contributed by atoms with Crippen molar-refractivity contribution in [3.63, 3.8) is 0 Å². The molecule has 0 N–H and O–H groups in total. The first kappa shape index (κ1) is 7.35. The molecule has 4 nitrogen and oxygen atoms in total. The van der Waals surface area contributed by atoms with E-state index in [0.717, 1.165) is 0 Å². The molecule has 0 spiro atoms. The van der Waals surface area contributed by atoms with Crippen molar-refractivity contribution in [1.82, 2.24) is 0 Å². The van der Waals surface area contributed by atoms with E-state index in [1.54, 1.807) is 0 Å². The Morgan fingerprint density at radius 2 is 1.71 bits per heavy atom. The zero-order valence-electron chi connectivity index (χ0n) is 3.23. The second-order valence-electron chi connectivity index (χ2n) is 0.638. The van der Waals surface area contributed by atoms with Gasteiger partial charge in [-0.25, -0.2) is 0 Å². The van der Waals surface area contributed by atoms with E-state index in [0.29, 0.717) is 0 Å². The van der Waals surface area contributed by atoms with E-state index >= 15 is 0 Å². The van der Waals surface area contributed by atoms with Gasteiger partial charge in [0.25, 0.3) is 0 Å². The van der Waals surface area contributed by atoms with Gasteiger partial charge in [-0.05, 0) is 0 Å². The van der Waals surface area contributed by atoms with Gasteiger partial charge in [-0.3, -0.25) is 0 Å². The second-order valence-corrected chi connectivity index (χ2v) is 5.10. The Morgan fingerprint density at radius 1 is 1.29 bits per heavy atom. The summed E-state index contributed by atoms with van der Waals surface area (Å²) >= 11 is -6.44. The molecular weight excluding hydrogens is 226 g/mol. The van der Waals surface area contributed by atoms with Crippen LogP contribution in [0.15, 0.2) is 0 Å². The van der Waals surface area contributed by atoms with Gasteiger partial charge < -0.3 is 0 Å². The fourth-order valence-electron chi connectivity index (χ4n) is 0.0744. The molecule has 0 radical (unpaired) electrons. The summed E-state index contributed by atoms with van der Waals surface area (Å²) in [4.78, 5) is 0. The topological polar surface area (TPSA) is 60.4 Å². The summed E-state index contributed by atoms with van der Waals surface area (Å²) in [5.74, 6) is 0. The Bertz CT molecular complexity index is 138. The average molecular weight is 228 g/mol. The Kier molecular flexibility index (Phi) is 3.53. The zero-order chi connectivity index (χ0) is 5.86. The van der Waals surface area contributed by atoms with Crippen molar-refractivity contribution in [2.45, 2.75) is 0 Å². The molecule has 0 saturated carbocycles. The molecule has 6 heteroatoms. The van der Waals surface area contributed by atoms with Crippen molar-refractivity contribution in [2.24, 2.45) is 0 Å². The van der Waals surface area contributed by atoms with Crippen molar-refractivity contribution in [2.75, 3.05) is 0 Å². The SMILES string of the molecule is C=[As](=O)O[As](=O)=O. The molecule has 0 aromatic carbocycles. The van der Waals surface area contributed by atoms with Crippen molar-refractivity contribution in [1.29, 1.82) is 0 Å². The predicted octanol–water partition coefficient (Wildman–Crippen LogP) is -1.22. The van der Waals surface area contributed by atoms with Gasteiger partial charge in [-0.15, -0.1) is 0 Å². The van der Waals surface area contributed by atoms with E-state index in [1.807, 2.05) is 0 Å². The maximum atomic E-state index is 9.79. The van der Waals surface area contributed by atoms with Gasteiger partial charge in [0.2, 0.25) is 0 Å². The molecule has 0 fully saturated rings. The van der Waals surface area contributed by atoms with Crippen molar-refractivity contribution in [3.05, 3.63) is 0 Å². The van der Waals surface area contributed by atoms with E-state index in [1.165, 1.54) is 0 Å². The first-order valence-electron chi connectivity index (χ1n) is 1.23. The normalized spacial score (nSPS) is 10.6. The van der Waals surface area contributed by atoms with E-state index in [2.05, 4.69) is 8.03 Å². The summed E-state index contributed by atoms with van der Waals surface area (Å²) in [6.45, 7) is 0. The fraction of sp³-hybridized carbons (Fsp3) is 0. The summed E-state index contributed by atoms with van der Waals surface area (Å²) in [6, 6.07) is 0. The summed E-state index contributed by atoms with van der Waals surface area (Å²) in [6.07, 6.45) is 0. The Morgan fingerprint density at radius 3 is 1.71 bits per heavy atom. The van der Waals surface area contributed by atoms with Crippen LogP contribution in [0.4, 0.5) is 0 Å². The van der Waals surface area contributed by atoms with Gasteiger partial charge in [-0.2, -0.15) is 0 Å². The fourth-order valence-corrected chi connectivity index (χ4v) is 2.01. The molecule has 0 heterocycles. The standard InChI is InChI=1S/CH2As2O4/c1-2(4)7-3(5)6/h1H2. The molecule has 0 aromatic rings. The quantitative estimate of drug-likeness (QED) is 0.555. The summed E-state index contributed by atoms with van der Waals surface area (Å²) in [5, 5.41) is 2.88. The van der Waals surface area contributed by atoms with Gasteiger partial charge in [0.15, 0.2) is 0 Å².